The number of aliphatic hydroxyl groups is 1. The summed E-state index contributed by atoms with van der Waals surface area (Å²) >= 11 is 1.51. The van der Waals surface area contributed by atoms with E-state index in [1.165, 1.54) is 11.8 Å². The molecule has 0 fully saturated rings. The van der Waals surface area contributed by atoms with Gasteiger partial charge in [-0.05, 0) is 32.1 Å². The maximum absolute atomic E-state index is 11.5. The Labute approximate surface area is 111 Å². The van der Waals surface area contributed by atoms with Crippen LogP contribution in [0, 0.1) is 13.8 Å². The third-order valence-electron chi connectivity index (χ3n) is 2.62. The van der Waals surface area contributed by atoms with Gasteiger partial charge in [0.05, 0.1) is 6.61 Å². The summed E-state index contributed by atoms with van der Waals surface area (Å²) in [6.45, 7) is 4.15. The molecule has 100 valence electrons. The van der Waals surface area contributed by atoms with Crippen molar-refractivity contribution in [1.82, 2.24) is 15.3 Å². The van der Waals surface area contributed by atoms with Gasteiger partial charge in [-0.15, -0.1) is 0 Å². The highest BCUT2D eigenvalue weighted by Gasteiger charge is 2.10. The molecule has 18 heavy (non-hydrogen) atoms. The van der Waals surface area contributed by atoms with E-state index in [-0.39, 0.29) is 12.5 Å². The quantitative estimate of drug-likeness (QED) is 0.592. The van der Waals surface area contributed by atoms with E-state index in [4.69, 9.17) is 5.11 Å². The standard InChI is InChI=1S/C12H19N3O2S/c1-8-10(4-5-11(17)13-6-7-16)9(2)15-12(14-8)18-3/h16H,4-7H2,1-3H3,(H,13,17). The van der Waals surface area contributed by atoms with Crippen LogP contribution < -0.4 is 5.32 Å². The summed E-state index contributed by atoms with van der Waals surface area (Å²) in [7, 11) is 0. The van der Waals surface area contributed by atoms with Crippen LogP contribution in [0.1, 0.15) is 23.4 Å². The third-order valence-corrected chi connectivity index (χ3v) is 3.17. The molecular weight excluding hydrogens is 250 g/mol. The molecule has 0 aliphatic heterocycles. The summed E-state index contributed by atoms with van der Waals surface area (Å²) in [4.78, 5) is 20.2. The smallest absolute Gasteiger partial charge is 0.220 e. The molecule has 0 aliphatic rings. The number of carbonyl (C=O) groups excluding carboxylic acids is 1. The normalized spacial score (nSPS) is 10.4. The van der Waals surface area contributed by atoms with Gasteiger partial charge in [0.15, 0.2) is 5.16 Å². The molecule has 0 spiro atoms. The number of nitrogens with one attached hydrogen (secondary N) is 1. The Balaban J connectivity index is 2.65. The van der Waals surface area contributed by atoms with E-state index >= 15 is 0 Å². The zero-order valence-corrected chi connectivity index (χ0v) is 11.8. The van der Waals surface area contributed by atoms with Gasteiger partial charge in [-0.1, -0.05) is 11.8 Å². The van der Waals surface area contributed by atoms with Crippen LogP contribution in [0.4, 0.5) is 0 Å². The minimum atomic E-state index is -0.0585. The second-order valence-corrected chi connectivity index (χ2v) is 4.71. The third kappa shape index (κ3) is 4.27. The number of thioether (sulfide) groups is 1. The van der Waals surface area contributed by atoms with Crippen LogP contribution in [0.25, 0.3) is 0 Å². The summed E-state index contributed by atoms with van der Waals surface area (Å²) in [5.41, 5.74) is 2.90. The molecule has 6 heteroatoms. The maximum Gasteiger partial charge on any atom is 0.220 e. The van der Waals surface area contributed by atoms with Crippen molar-refractivity contribution >= 4 is 17.7 Å². The van der Waals surface area contributed by atoms with Gasteiger partial charge in [0.1, 0.15) is 0 Å². The van der Waals surface area contributed by atoms with Crippen molar-refractivity contribution in [3.8, 4) is 0 Å². The first-order valence-corrected chi connectivity index (χ1v) is 7.06. The summed E-state index contributed by atoms with van der Waals surface area (Å²) < 4.78 is 0. The fraction of sp³-hybridized carbons (Fsp3) is 0.583. The Morgan fingerprint density at radius 1 is 1.33 bits per heavy atom. The molecule has 0 bridgehead atoms. The summed E-state index contributed by atoms with van der Waals surface area (Å²) in [5.74, 6) is -0.0585. The lowest BCUT2D eigenvalue weighted by molar-refractivity contribution is -0.121. The van der Waals surface area contributed by atoms with Crippen molar-refractivity contribution in [2.45, 2.75) is 31.8 Å². The lowest BCUT2D eigenvalue weighted by Gasteiger charge is -2.09. The molecule has 1 rings (SSSR count). The van der Waals surface area contributed by atoms with Crippen LogP contribution >= 0.6 is 11.8 Å². The predicted octanol–water partition coefficient (Wildman–Crippen LogP) is 0.856. The van der Waals surface area contributed by atoms with E-state index < -0.39 is 0 Å². The van der Waals surface area contributed by atoms with Crippen molar-refractivity contribution in [3.05, 3.63) is 17.0 Å². The van der Waals surface area contributed by atoms with Crippen molar-refractivity contribution in [2.75, 3.05) is 19.4 Å². The van der Waals surface area contributed by atoms with Gasteiger partial charge in [0, 0.05) is 24.4 Å². The molecule has 2 N–H and O–H groups in total. The number of aromatic nitrogens is 2. The zero-order valence-electron chi connectivity index (χ0n) is 11.0. The first-order chi connectivity index (χ1) is 8.58. The molecule has 0 atom stereocenters. The molecular formula is C12H19N3O2S. The fourth-order valence-electron chi connectivity index (χ4n) is 1.68. The van der Waals surface area contributed by atoms with Gasteiger partial charge in [-0.3, -0.25) is 4.79 Å². The highest BCUT2D eigenvalue weighted by atomic mass is 32.2. The Morgan fingerprint density at radius 2 is 1.94 bits per heavy atom. The number of rotatable bonds is 6. The molecule has 1 aromatic heterocycles. The van der Waals surface area contributed by atoms with E-state index in [0.717, 1.165) is 22.1 Å². The number of amides is 1. The Kier molecular flexibility index (Phi) is 6.07. The molecule has 0 saturated heterocycles. The number of aliphatic hydroxyl groups excluding tert-OH is 1. The van der Waals surface area contributed by atoms with Crippen molar-refractivity contribution < 1.29 is 9.90 Å². The lowest BCUT2D eigenvalue weighted by Crippen LogP contribution is -2.26. The molecule has 0 saturated carbocycles. The van der Waals surface area contributed by atoms with Crippen LogP contribution in [-0.4, -0.2) is 40.4 Å². The first-order valence-electron chi connectivity index (χ1n) is 5.84. The van der Waals surface area contributed by atoms with Gasteiger partial charge >= 0.3 is 0 Å². The SMILES string of the molecule is CSc1nc(C)c(CCC(=O)NCCO)c(C)n1. The number of hydrogen-bond donors (Lipinski definition) is 2. The van der Waals surface area contributed by atoms with Gasteiger partial charge in [0.2, 0.25) is 5.91 Å². The van der Waals surface area contributed by atoms with E-state index in [2.05, 4.69) is 15.3 Å². The summed E-state index contributed by atoms with van der Waals surface area (Å²) in [5, 5.41) is 12.0. The molecule has 0 aromatic carbocycles. The fourth-order valence-corrected chi connectivity index (χ4v) is 2.14. The van der Waals surface area contributed by atoms with Gasteiger partial charge < -0.3 is 10.4 Å². The van der Waals surface area contributed by atoms with Crippen LogP contribution in [0.3, 0.4) is 0 Å². The largest absolute Gasteiger partial charge is 0.395 e. The number of hydrogen-bond acceptors (Lipinski definition) is 5. The Morgan fingerprint density at radius 3 is 2.44 bits per heavy atom. The van der Waals surface area contributed by atoms with Crippen LogP contribution in [0.2, 0.25) is 0 Å². The predicted molar refractivity (Wildman–Crippen MR) is 71.7 cm³/mol. The van der Waals surface area contributed by atoms with Crippen molar-refractivity contribution in [2.24, 2.45) is 0 Å². The minimum absolute atomic E-state index is 0.0324. The average molecular weight is 269 g/mol. The van der Waals surface area contributed by atoms with E-state index in [0.29, 0.717) is 19.4 Å². The van der Waals surface area contributed by atoms with E-state index in [9.17, 15) is 4.79 Å². The second kappa shape index (κ2) is 7.33. The number of carbonyl (C=O) groups is 1. The molecule has 0 aliphatic carbocycles. The second-order valence-electron chi connectivity index (χ2n) is 3.93. The van der Waals surface area contributed by atoms with E-state index in [1.807, 2.05) is 20.1 Å². The van der Waals surface area contributed by atoms with Crippen molar-refractivity contribution in [3.63, 3.8) is 0 Å². The number of nitrogens with zero attached hydrogens (tertiary/aromatic N) is 2. The topological polar surface area (TPSA) is 75.1 Å². The van der Waals surface area contributed by atoms with Gasteiger partial charge in [-0.25, -0.2) is 9.97 Å². The first kappa shape index (κ1) is 14.9. The summed E-state index contributed by atoms with van der Waals surface area (Å²) in [6.07, 6.45) is 2.96. The highest BCUT2D eigenvalue weighted by molar-refractivity contribution is 7.98. The van der Waals surface area contributed by atoms with Crippen LogP contribution in [0.5, 0.6) is 0 Å². The van der Waals surface area contributed by atoms with E-state index in [1.54, 1.807) is 0 Å². The Hall–Kier alpha value is -1.14. The monoisotopic (exact) mass is 269 g/mol. The minimum Gasteiger partial charge on any atom is -0.395 e. The maximum atomic E-state index is 11.5. The average Bonchev–Trinajstić information content (AvgIpc) is 2.34. The number of aryl methyl sites for hydroxylation is 2. The van der Waals surface area contributed by atoms with Gasteiger partial charge in [-0.2, -0.15) is 0 Å². The molecule has 1 heterocycles. The Bertz CT molecular complexity index is 401. The van der Waals surface area contributed by atoms with Crippen LogP contribution in [-0.2, 0) is 11.2 Å². The highest BCUT2D eigenvalue weighted by Crippen LogP contribution is 2.16. The van der Waals surface area contributed by atoms with Crippen molar-refractivity contribution in [1.29, 1.82) is 0 Å². The summed E-state index contributed by atoms with van der Waals surface area (Å²) in [6, 6.07) is 0. The molecule has 0 unspecified atom stereocenters. The van der Waals surface area contributed by atoms with Gasteiger partial charge in [0.25, 0.3) is 0 Å². The molecule has 1 amide bonds. The van der Waals surface area contributed by atoms with Crippen LogP contribution in [0.15, 0.2) is 5.16 Å². The molecule has 1 aromatic rings. The zero-order chi connectivity index (χ0) is 13.5. The molecule has 5 nitrogen and oxygen atoms in total. The lowest BCUT2D eigenvalue weighted by atomic mass is 10.1. The molecule has 0 radical (unpaired) electrons.